The fourth-order valence-corrected chi connectivity index (χ4v) is 2.93. The number of rotatable bonds is 8. The minimum absolute atomic E-state index is 0.175. The Balaban J connectivity index is 1.40. The number of amides is 2. The molecule has 0 aromatic heterocycles. The predicted molar refractivity (Wildman–Crippen MR) is 125 cm³/mol. The number of benzene rings is 3. The maximum Gasteiger partial charge on any atom is 0.271 e. The van der Waals surface area contributed by atoms with Crippen molar-refractivity contribution < 1.29 is 9.59 Å². The molecule has 3 aromatic rings. The third kappa shape index (κ3) is 7.29. The molecule has 0 aliphatic heterocycles. The second-order valence-corrected chi connectivity index (χ2v) is 7.52. The molecule has 0 heterocycles. The van der Waals surface area contributed by atoms with Crippen molar-refractivity contribution in [3.63, 3.8) is 0 Å². The summed E-state index contributed by atoms with van der Waals surface area (Å²) in [4.78, 5) is 24.1. The number of halogens is 2. The zero-order chi connectivity index (χ0) is 21.3. The van der Waals surface area contributed by atoms with E-state index >= 15 is 0 Å². The minimum Gasteiger partial charge on any atom is -0.361 e. The molecule has 4 nitrogen and oxygen atoms in total. The summed E-state index contributed by atoms with van der Waals surface area (Å²) < 4.78 is 0. The standard InChI is InChI=1S/C22H18B2Cl2N2O2/c25-19-9-5-17(6-10-19)23-21(29)27-13-15-1-2-16(4-3-15)14-28-22(30)24-18-7-11-20(26)12-8-18/h1-12H,13-14H2,(H,27,29)(H,28,30). The van der Waals surface area contributed by atoms with Crippen LogP contribution >= 0.6 is 23.2 Å². The number of hydrogen-bond donors (Lipinski definition) is 2. The van der Waals surface area contributed by atoms with E-state index in [2.05, 4.69) is 10.6 Å². The average Bonchev–Trinajstić information content (AvgIpc) is 2.75. The average molecular weight is 435 g/mol. The molecule has 3 rings (SSSR count). The van der Waals surface area contributed by atoms with Gasteiger partial charge in [-0.1, -0.05) is 82.7 Å². The third-order valence-electron chi connectivity index (χ3n) is 4.29. The molecule has 2 amide bonds. The van der Waals surface area contributed by atoms with Gasteiger partial charge in [-0.25, -0.2) is 0 Å². The molecule has 148 valence electrons. The van der Waals surface area contributed by atoms with Crippen LogP contribution < -0.4 is 21.6 Å². The highest BCUT2D eigenvalue weighted by Crippen LogP contribution is 2.06. The molecule has 0 saturated carbocycles. The topological polar surface area (TPSA) is 58.2 Å². The van der Waals surface area contributed by atoms with Crippen LogP contribution in [0.5, 0.6) is 0 Å². The molecule has 2 N–H and O–H groups in total. The summed E-state index contributed by atoms with van der Waals surface area (Å²) in [5.41, 5.74) is 3.52. The first kappa shape index (κ1) is 22.0. The van der Waals surface area contributed by atoms with Crippen LogP contribution in [0.25, 0.3) is 0 Å². The lowest BCUT2D eigenvalue weighted by Gasteiger charge is -2.08. The van der Waals surface area contributed by atoms with E-state index in [1.54, 1.807) is 48.5 Å². The van der Waals surface area contributed by atoms with Crippen LogP contribution in [0.1, 0.15) is 11.1 Å². The lowest BCUT2D eigenvalue weighted by Crippen LogP contribution is -2.33. The maximum atomic E-state index is 12.0. The molecule has 8 heteroatoms. The highest BCUT2D eigenvalue weighted by Gasteiger charge is 2.08. The summed E-state index contributed by atoms with van der Waals surface area (Å²) in [6, 6.07) is 21.8. The van der Waals surface area contributed by atoms with E-state index in [0.717, 1.165) is 22.1 Å². The van der Waals surface area contributed by atoms with Gasteiger partial charge in [-0.15, -0.1) is 0 Å². The van der Waals surface area contributed by atoms with Gasteiger partial charge in [0.15, 0.2) is 11.6 Å². The molecule has 30 heavy (non-hydrogen) atoms. The van der Waals surface area contributed by atoms with Crippen LogP contribution in [0.4, 0.5) is 9.59 Å². The van der Waals surface area contributed by atoms with Crippen molar-refractivity contribution in [3.8, 4) is 0 Å². The van der Waals surface area contributed by atoms with Crippen LogP contribution in [-0.2, 0) is 13.1 Å². The third-order valence-corrected chi connectivity index (χ3v) is 4.80. The number of hydrogen-bond acceptors (Lipinski definition) is 2. The number of carbonyl (C=O) groups excluding carboxylic acids is 2. The summed E-state index contributed by atoms with van der Waals surface area (Å²) in [5, 5.41) is 6.97. The highest BCUT2D eigenvalue weighted by molar-refractivity contribution is 6.84. The van der Waals surface area contributed by atoms with Gasteiger partial charge in [-0.2, -0.15) is 0 Å². The van der Waals surface area contributed by atoms with Crippen LogP contribution in [0.15, 0.2) is 72.8 Å². The molecule has 0 aliphatic carbocycles. The second-order valence-electron chi connectivity index (χ2n) is 6.64. The predicted octanol–water partition coefficient (Wildman–Crippen LogP) is 3.47. The van der Waals surface area contributed by atoms with Gasteiger partial charge < -0.3 is 10.6 Å². The van der Waals surface area contributed by atoms with Crippen molar-refractivity contribution in [2.24, 2.45) is 0 Å². The van der Waals surface area contributed by atoms with Crippen LogP contribution in [0.2, 0.25) is 10.0 Å². The monoisotopic (exact) mass is 434 g/mol. The zero-order valence-electron chi connectivity index (χ0n) is 16.1. The van der Waals surface area contributed by atoms with Crippen molar-refractivity contribution in [1.29, 1.82) is 0 Å². The quantitative estimate of drug-likeness (QED) is 0.533. The van der Waals surface area contributed by atoms with Crippen molar-refractivity contribution in [2.75, 3.05) is 0 Å². The molecular weight excluding hydrogens is 417 g/mol. The van der Waals surface area contributed by atoms with Gasteiger partial charge in [0.25, 0.3) is 14.6 Å². The molecule has 0 aliphatic rings. The smallest absolute Gasteiger partial charge is 0.271 e. The number of carbonyl (C=O) groups is 2. The summed E-state index contributed by atoms with van der Waals surface area (Å²) >= 11 is 11.7. The Morgan fingerprint density at radius 3 is 1.27 bits per heavy atom. The van der Waals surface area contributed by atoms with E-state index in [4.69, 9.17) is 23.2 Å². The Hall–Kier alpha value is -2.69. The Morgan fingerprint density at radius 2 is 0.933 bits per heavy atom. The van der Waals surface area contributed by atoms with Gasteiger partial charge in [-0.05, 0) is 35.4 Å². The number of nitrogens with one attached hydrogen (secondary N) is 2. The van der Waals surface area contributed by atoms with Crippen molar-refractivity contribution in [1.82, 2.24) is 10.6 Å². The van der Waals surface area contributed by atoms with Gasteiger partial charge >= 0.3 is 0 Å². The zero-order valence-corrected chi connectivity index (χ0v) is 17.6. The Labute approximate surface area is 187 Å². The van der Waals surface area contributed by atoms with Gasteiger partial charge in [0.1, 0.15) is 0 Å². The molecule has 0 fully saturated rings. The largest absolute Gasteiger partial charge is 0.361 e. The fourth-order valence-electron chi connectivity index (χ4n) is 2.68. The van der Waals surface area contributed by atoms with E-state index < -0.39 is 0 Å². The Kier molecular flexibility index (Phi) is 8.00. The molecule has 0 spiro atoms. The maximum absolute atomic E-state index is 12.0. The molecule has 3 aromatic carbocycles. The van der Waals surface area contributed by atoms with Crippen molar-refractivity contribution in [2.45, 2.75) is 13.1 Å². The summed E-state index contributed by atoms with van der Waals surface area (Å²) in [5.74, 6) is -0.349. The van der Waals surface area contributed by atoms with Crippen LogP contribution in [0, 0.1) is 0 Å². The second kappa shape index (κ2) is 10.9. The SMILES string of the molecule is O=C([B]c1ccc(Cl)cc1)NCc1ccc(CNC(=O)[B]c2ccc(Cl)cc2)cc1. The molecule has 2 radical (unpaired) electrons. The van der Waals surface area contributed by atoms with Crippen molar-refractivity contribution in [3.05, 3.63) is 94.0 Å². The molecule has 0 unspecified atom stereocenters. The van der Waals surface area contributed by atoms with E-state index in [1.165, 1.54) is 14.6 Å². The molecule has 0 atom stereocenters. The van der Waals surface area contributed by atoms with Gasteiger partial charge in [-0.3, -0.25) is 9.59 Å². The van der Waals surface area contributed by atoms with E-state index in [1.807, 2.05) is 24.3 Å². The molecule has 0 bridgehead atoms. The van der Waals surface area contributed by atoms with Gasteiger partial charge in [0.05, 0.1) is 0 Å². The fraction of sp³-hybridized carbons (Fsp3) is 0.0909. The van der Waals surface area contributed by atoms with Crippen LogP contribution in [0.3, 0.4) is 0 Å². The van der Waals surface area contributed by atoms with E-state index in [9.17, 15) is 9.59 Å². The minimum atomic E-state index is -0.175. The van der Waals surface area contributed by atoms with Gasteiger partial charge in [0.2, 0.25) is 0 Å². The Bertz CT molecular complexity index is 913. The highest BCUT2D eigenvalue weighted by atomic mass is 35.5. The van der Waals surface area contributed by atoms with Crippen LogP contribution in [-0.4, -0.2) is 26.2 Å². The first-order valence-electron chi connectivity index (χ1n) is 9.32. The summed E-state index contributed by atoms with van der Waals surface area (Å²) in [6.07, 6.45) is 0. The molecular formula is C22H18B2Cl2N2O2. The first-order chi connectivity index (χ1) is 14.5. The van der Waals surface area contributed by atoms with Gasteiger partial charge in [0, 0.05) is 23.1 Å². The Morgan fingerprint density at radius 1 is 0.600 bits per heavy atom. The lowest BCUT2D eigenvalue weighted by molar-refractivity contribution is 0.258. The van der Waals surface area contributed by atoms with Crippen molar-refractivity contribution >= 4 is 60.3 Å². The first-order valence-corrected chi connectivity index (χ1v) is 10.1. The lowest BCUT2D eigenvalue weighted by atomic mass is 9.69. The van der Waals surface area contributed by atoms with E-state index in [0.29, 0.717) is 23.1 Å². The summed E-state index contributed by atoms with van der Waals surface area (Å²) in [6.45, 7) is 0.833. The molecule has 0 saturated heterocycles. The van der Waals surface area contributed by atoms with E-state index in [-0.39, 0.29) is 11.6 Å². The summed E-state index contributed by atoms with van der Waals surface area (Å²) in [7, 11) is 3.05. The normalized spacial score (nSPS) is 10.2.